The van der Waals surface area contributed by atoms with Crippen molar-refractivity contribution in [1.82, 2.24) is 4.90 Å². The molecule has 1 amide bonds. The zero-order chi connectivity index (χ0) is 29.2. The van der Waals surface area contributed by atoms with Crippen LogP contribution in [-0.4, -0.2) is 35.5 Å². The number of amides is 1. The highest BCUT2D eigenvalue weighted by molar-refractivity contribution is 7.16. The van der Waals surface area contributed by atoms with Crippen LogP contribution in [0.2, 0.25) is 0 Å². The predicted molar refractivity (Wildman–Crippen MR) is 155 cm³/mol. The van der Waals surface area contributed by atoms with Crippen LogP contribution in [0.25, 0.3) is 0 Å². The Morgan fingerprint density at radius 1 is 0.829 bits per heavy atom. The molecule has 0 saturated heterocycles. The first-order chi connectivity index (χ1) is 19.7. The summed E-state index contributed by atoms with van der Waals surface area (Å²) in [4.78, 5) is 27.1. The number of halogens is 3. The Balaban J connectivity index is 1.55. The van der Waals surface area contributed by atoms with Crippen molar-refractivity contribution >= 4 is 28.7 Å². The van der Waals surface area contributed by atoms with Crippen molar-refractivity contribution in [2.75, 3.05) is 18.0 Å². The van der Waals surface area contributed by atoms with Gasteiger partial charge in [0.05, 0.1) is 17.0 Å². The molecule has 0 radical (unpaired) electrons. The van der Waals surface area contributed by atoms with Gasteiger partial charge in [0.1, 0.15) is 0 Å². The van der Waals surface area contributed by atoms with Crippen molar-refractivity contribution in [3.63, 3.8) is 0 Å². The number of nitrogens with zero attached hydrogens (tertiary/aromatic N) is 2. The van der Waals surface area contributed by atoms with Gasteiger partial charge in [-0.2, -0.15) is 13.2 Å². The molecule has 0 aliphatic rings. The van der Waals surface area contributed by atoms with Crippen LogP contribution in [0.1, 0.15) is 45.9 Å². The topological polar surface area (TPSA) is 60.9 Å². The number of alkyl halides is 3. The zero-order valence-corrected chi connectivity index (χ0v) is 23.2. The van der Waals surface area contributed by atoms with E-state index >= 15 is 0 Å². The molecular weight excluding hydrogens is 549 g/mol. The molecule has 4 rings (SSSR count). The quantitative estimate of drug-likeness (QED) is 0.158. The van der Waals surface area contributed by atoms with E-state index < -0.39 is 17.7 Å². The Bertz CT molecular complexity index is 1350. The van der Waals surface area contributed by atoms with Crippen LogP contribution in [0.4, 0.5) is 18.2 Å². The molecule has 0 fully saturated rings. The Morgan fingerprint density at radius 2 is 1.44 bits per heavy atom. The highest BCUT2D eigenvalue weighted by Crippen LogP contribution is 2.32. The second kappa shape index (κ2) is 14.1. The van der Waals surface area contributed by atoms with Gasteiger partial charge in [0.15, 0.2) is 0 Å². The number of thiophene rings is 1. The van der Waals surface area contributed by atoms with Gasteiger partial charge < -0.3 is 10.0 Å². The number of carbonyl (C=O) groups is 2. The summed E-state index contributed by atoms with van der Waals surface area (Å²) in [6.45, 7) is 1.70. The normalized spacial score (nSPS) is 11.6. The van der Waals surface area contributed by atoms with E-state index in [9.17, 15) is 22.8 Å². The summed E-state index contributed by atoms with van der Waals surface area (Å²) >= 11 is 1.40. The minimum atomic E-state index is -4.39. The summed E-state index contributed by atoms with van der Waals surface area (Å²) in [6, 6.07) is 29.4. The number of anilines is 1. The Hall–Kier alpha value is -3.95. The molecule has 9 heteroatoms. The largest absolute Gasteiger partial charge is 0.481 e. The third-order valence-corrected chi connectivity index (χ3v) is 7.94. The number of carbonyl (C=O) groups excluding carboxylic acids is 1. The first-order valence-corrected chi connectivity index (χ1v) is 14.1. The number of rotatable bonds is 14. The lowest BCUT2D eigenvalue weighted by Gasteiger charge is -2.26. The van der Waals surface area contributed by atoms with Crippen LogP contribution in [0.3, 0.4) is 0 Å². The summed E-state index contributed by atoms with van der Waals surface area (Å²) in [6.07, 6.45) is -3.14. The van der Waals surface area contributed by atoms with Crippen molar-refractivity contribution in [2.45, 2.75) is 38.0 Å². The molecule has 0 bridgehead atoms. The molecule has 0 unspecified atom stereocenters. The van der Waals surface area contributed by atoms with Crippen molar-refractivity contribution in [1.29, 1.82) is 0 Å². The van der Waals surface area contributed by atoms with E-state index in [0.29, 0.717) is 31.0 Å². The second-order valence-electron chi connectivity index (χ2n) is 9.75. The van der Waals surface area contributed by atoms with Crippen molar-refractivity contribution < 1.29 is 27.9 Å². The first-order valence-electron chi connectivity index (χ1n) is 13.2. The van der Waals surface area contributed by atoms with Gasteiger partial charge in [0.2, 0.25) is 6.41 Å². The van der Waals surface area contributed by atoms with E-state index in [1.807, 2.05) is 42.5 Å². The lowest BCUT2D eigenvalue weighted by atomic mass is 9.88. The van der Waals surface area contributed by atoms with Crippen LogP contribution >= 0.6 is 11.3 Å². The summed E-state index contributed by atoms with van der Waals surface area (Å²) < 4.78 is 39.4. The fourth-order valence-electron chi connectivity index (χ4n) is 4.74. The lowest BCUT2D eigenvalue weighted by molar-refractivity contribution is -0.138. The number of carboxylic acid groups (broad SMARTS) is 1. The van der Waals surface area contributed by atoms with Crippen LogP contribution in [0.15, 0.2) is 97.1 Å². The second-order valence-corrected chi connectivity index (χ2v) is 10.9. The molecule has 1 heterocycles. The van der Waals surface area contributed by atoms with E-state index in [1.54, 1.807) is 6.07 Å². The molecule has 3 aromatic carbocycles. The third kappa shape index (κ3) is 8.77. The smallest absolute Gasteiger partial charge is 0.416 e. The molecule has 0 saturated carbocycles. The van der Waals surface area contributed by atoms with Gasteiger partial charge >= 0.3 is 12.1 Å². The highest BCUT2D eigenvalue weighted by Gasteiger charge is 2.30. The SMILES string of the molecule is O=CN(CCC(=O)O)c1ccc(CN(CCC(c2ccccc2)c2ccccc2)Cc2ccc(C(F)(F)F)cc2)s1. The molecule has 0 spiro atoms. The van der Waals surface area contributed by atoms with Crippen molar-refractivity contribution in [3.05, 3.63) is 124 Å². The summed E-state index contributed by atoms with van der Waals surface area (Å²) in [5.74, 6) is -0.851. The van der Waals surface area contributed by atoms with Gasteiger partial charge in [-0.3, -0.25) is 14.5 Å². The van der Waals surface area contributed by atoms with Gasteiger partial charge in [-0.05, 0) is 53.9 Å². The fraction of sp³-hybridized carbons (Fsp3) is 0.250. The van der Waals surface area contributed by atoms with Gasteiger partial charge in [-0.15, -0.1) is 11.3 Å². The summed E-state index contributed by atoms with van der Waals surface area (Å²) in [5.41, 5.74) is 2.46. The van der Waals surface area contributed by atoms with Crippen molar-refractivity contribution in [2.24, 2.45) is 0 Å². The molecule has 1 N–H and O–H groups in total. The van der Waals surface area contributed by atoms with Crippen molar-refractivity contribution in [3.8, 4) is 0 Å². The molecule has 41 heavy (non-hydrogen) atoms. The van der Waals surface area contributed by atoms with Gasteiger partial charge in [-0.1, -0.05) is 72.8 Å². The number of carboxylic acids is 1. The molecule has 1 aromatic heterocycles. The van der Waals surface area contributed by atoms with Crippen LogP contribution in [0.5, 0.6) is 0 Å². The fourth-order valence-corrected chi connectivity index (χ4v) is 5.78. The monoisotopic (exact) mass is 580 g/mol. The minimum absolute atomic E-state index is 0.0733. The minimum Gasteiger partial charge on any atom is -0.481 e. The van der Waals surface area contributed by atoms with Crippen LogP contribution in [0, 0.1) is 0 Å². The zero-order valence-electron chi connectivity index (χ0n) is 22.3. The van der Waals surface area contributed by atoms with E-state index in [4.69, 9.17) is 5.11 Å². The number of aliphatic carboxylic acids is 1. The third-order valence-electron chi connectivity index (χ3n) is 6.83. The Morgan fingerprint density at radius 3 is 1.98 bits per heavy atom. The molecule has 0 aliphatic heterocycles. The standard InChI is InChI=1S/C32H31F3N2O3S/c33-32(34,35)27-13-11-24(12-14-27)21-36(22-28-15-16-30(41-28)37(23-38)20-18-31(39)40)19-17-29(25-7-3-1-4-8-25)26-9-5-2-6-10-26/h1-16,23,29H,17-22H2,(H,39,40). The lowest BCUT2D eigenvalue weighted by Crippen LogP contribution is -2.25. The Labute approximate surface area is 241 Å². The van der Waals surface area contributed by atoms with Crippen LogP contribution < -0.4 is 4.90 Å². The summed E-state index contributed by atoms with van der Waals surface area (Å²) in [5, 5.41) is 9.64. The first kappa shape index (κ1) is 30.0. The molecular formula is C32H31F3N2O3S. The maximum absolute atomic E-state index is 13.1. The van der Waals surface area contributed by atoms with E-state index in [2.05, 4.69) is 29.2 Å². The molecule has 214 valence electrons. The number of hydrogen-bond acceptors (Lipinski definition) is 4. The van der Waals surface area contributed by atoms with Gasteiger partial charge in [-0.25, -0.2) is 0 Å². The average Bonchev–Trinajstić information content (AvgIpc) is 3.42. The maximum Gasteiger partial charge on any atom is 0.416 e. The predicted octanol–water partition coefficient (Wildman–Crippen LogP) is 7.43. The molecule has 5 nitrogen and oxygen atoms in total. The average molecular weight is 581 g/mol. The summed E-state index contributed by atoms with van der Waals surface area (Å²) in [7, 11) is 0. The molecule has 4 aromatic rings. The number of hydrogen-bond donors (Lipinski definition) is 1. The highest BCUT2D eigenvalue weighted by atomic mass is 32.1. The number of benzene rings is 3. The van der Waals surface area contributed by atoms with E-state index in [-0.39, 0.29) is 18.9 Å². The Kier molecular flexibility index (Phi) is 10.3. The maximum atomic E-state index is 13.1. The molecule has 0 atom stereocenters. The van der Waals surface area contributed by atoms with Crippen LogP contribution in [-0.2, 0) is 28.9 Å². The van der Waals surface area contributed by atoms with Gasteiger partial charge in [0.25, 0.3) is 0 Å². The van der Waals surface area contributed by atoms with Gasteiger partial charge in [0, 0.05) is 30.4 Å². The molecule has 0 aliphatic carbocycles. The van der Waals surface area contributed by atoms with E-state index in [1.165, 1.54) is 39.5 Å². The van der Waals surface area contributed by atoms with E-state index in [0.717, 1.165) is 29.0 Å².